The molecule has 33 heavy (non-hydrogen) atoms. The van der Waals surface area contributed by atoms with Gasteiger partial charge in [-0.3, -0.25) is 4.79 Å². The van der Waals surface area contributed by atoms with E-state index < -0.39 is 12.0 Å². The van der Waals surface area contributed by atoms with E-state index in [-0.39, 0.29) is 18.9 Å². The quantitative estimate of drug-likeness (QED) is 0.499. The molecule has 3 aromatic rings. The average molecular weight is 451 g/mol. The van der Waals surface area contributed by atoms with E-state index in [0.717, 1.165) is 24.5 Å². The van der Waals surface area contributed by atoms with Crippen molar-refractivity contribution in [3.63, 3.8) is 0 Å². The number of carbonyl (C=O) groups is 2. The summed E-state index contributed by atoms with van der Waals surface area (Å²) >= 11 is 0. The molecule has 4 rings (SSSR count). The summed E-state index contributed by atoms with van der Waals surface area (Å²) in [4.78, 5) is 27.4. The topological polar surface area (TPSA) is 102 Å². The van der Waals surface area contributed by atoms with E-state index in [4.69, 9.17) is 9.84 Å². The number of nitrogens with one attached hydrogen (secondary N) is 1. The molecule has 9 nitrogen and oxygen atoms in total. The van der Waals surface area contributed by atoms with Crippen molar-refractivity contribution in [2.45, 2.75) is 51.5 Å². The summed E-state index contributed by atoms with van der Waals surface area (Å²) in [5.41, 5.74) is 1.60. The van der Waals surface area contributed by atoms with Gasteiger partial charge in [-0.05, 0) is 43.9 Å². The molecule has 2 aromatic heterocycles. The number of ether oxygens (including phenoxy) is 1. The van der Waals surface area contributed by atoms with Gasteiger partial charge in [-0.1, -0.05) is 30.3 Å². The third-order valence-electron chi connectivity index (χ3n) is 5.76. The minimum atomic E-state index is -0.737. The van der Waals surface area contributed by atoms with Crippen molar-refractivity contribution in [2.75, 3.05) is 24.6 Å². The number of hydrogen-bond donors (Lipinski definition) is 1. The Morgan fingerprint density at radius 3 is 2.61 bits per heavy atom. The zero-order chi connectivity index (χ0) is 23.0. The Kier molecular flexibility index (Phi) is 7.49. The molecule has 0 aliphatic carbocycles. The maximum atomic E-state index is 12.7. The van der Waals surface area contributed by atoms with Crippen LogP contribution < -0.4 is 10.2 Å². The summed E-state index contributed by atoms with van der Waals surface area (Å²) in [6.07, 6.45) is 4.49. The van der Waals surface area contributed by atoms with E-state index in [9.17, 15) is 9.59 Å². The minimum Gasteiger partial charge on any atom is -0.464 e. The van der Waals surface area contributed by atoms with Gasteiger partial charge in [-0.2, -0.15) is 4.52 Å². The van der Waals surface area contributed by atoms with Gasteiger partial charge in [-0.15, -0.1) is 15.3 Å². The number of piperidine rings is 1. The molecule has 0 unspecified atom stereocenters. The van der Waals surface area contributed by atoms with Crippen LogP contribution in [0.1, 0.15) is 44.0 Å². The number of fused-ring (bicyclic) bond motifs is 1. The maximum absolute atomic E-state index is 12.7. The largest absolute Gasteiger partial charge is 0.464 e. The van der Waals surface area contributed by atoms with Crippen LogP contribution in [0, 0.1) is 0 Å². The molecule has 0 spiro atoms. The van der Waals surface area contributed by atoms with Gasteiger partial charge in [0, 0.05) is 32.4 Å². The van der Waals surface area contributed by atoms with E-state index >= 15 is 0 Å². The Labute approximate surface area is 193 Å². The maximum Gasteiger partial charge on any atom is 0.328 e. The Hall–Kier alpha value is -3.49. The molecule has 174 valence electrons. The molecule has 1 amide bonds. The van der Waals surface area contributed by atoms with Crippen LogP contribution in [-0.2, 0) is 27.2 Å². The van der Waals surface area contributed by atoms with E-state index in [2.05, 4.69) is 20.4 Å². The van der Waals surface area contributed by atoms with Crippen molar-refractivity contribution in [3.8, 4) is 0 Å². The molecule has 1 atom stereocenters. The molecular formula is C24H30N6O3. The smallest absolute Gasteiger partial charge is 0.328 e. The highest BCUT2D eigenvalue weighted by molar-refractivity contribution is 5.84. The summed E-state index contributed by atoms with van der Waals surface area (Å²) in [5.74, 6) is 0.844. The molecule has 0 bridgehead atoms. The summed E-state index contributed by atoms with van der Waals surface area (Å²) in [6.45, 7) is 4.00. The Balaban J connectivity index is 1.40. The second kappa shape index (κ2) is 10.9. The van der Waals surface area contributed by atoms with Gasteiger partial charge in [-0.25, -0.2) is 4.79 Å². The van der Waals surface area contributed by atoms with Crippen LogP contribution in [0.5, 0.6) is 0 Å². The van der Waals surface area contributed by atoms with Gasteiger partial charge in [0.1, 0.15) is 11.9 Å². The number of aryl methyl sites for hydroxylation is 1. The summed E-state index contributed by atoms with van der Waals surface area (Å²) in [6, 6.07) is 12.7. The lowest BCUT2D eigenvalue weighted by Gasteiger charge is -2.27. The lowest BCUT2D eigenvalue weighted by atomic mass is 10.1. The zero-order valence-electron chi connectivity index (χ0n) is 18.9. The van der Waals surface area contributed by atoms with Crippen LogP contribution >= 0.6 is 0 Å². The molecular weight excluding hydrogens is 420 g/mol. The fourth-order valence-corrected chi connectivity index (χ4v) is 4.05. The number of amides is 1. The molecule has 0 saturated carbocycles. The van der Waals surface area contributed by atoms with Crippen molar-refractivity contribution in [1.82, 2.24) is 25.1 Å². The van der Waals surface area contributed by atoms with Gasteiger partial charge in [0.2, 0.25) is 5.91 Å². The van der Waals surface area contributed by atoms with E-state index in [1.165, 1.54) is 19.3 Å². The molecule has 1 aliphatic heterocycles. The highest BCUT2D eigenvalue weighted by atomic mass is 16.5. The summed E-state index contributed by atoms with van der Waals surface area (Å²) < 4.78 is 6.87. The number of carbonyl (C=O) groups excluding carboxylic acids is 2. The van der Waals surface area contributed by atoms with Gasteiger partial charge in [0.05, 0.1) is 6.61 Å². The number of aromatic nitrogens is 4. The number of anilines is 1. The first kappa shape index (κ1) is 22.7. The Morgan fingerprint density at radius 1 is 1.06 bits per heavy atom. The number of benzene rings is 1. The lowest BCUT2D eigenvalue weighted by molar-refractivity contribution is -0.147. The standard InChI is InChI=1S/C24H30N6O3/c1-2-33-24(32)19(17-18-9-5-3-6-10-18)25-23(31)14-13-21-27-26-20-11-12-22(28-30(20)21)29-15-7-4-8-16-29/h3,5-6,9-12,19H,2,4,7-8,13-17H2,1H3,(H,25,31)/t19-/m1/s1. The molecule has 3 heterocycles. The summed E-state index contributed by atoms with van der Waals surface area (Å²) in [7, 11) is 0. The average Bonchev–Trinajstić information content (AvgIpc) is 3.26. The van der Waals surface area contributed by atoms with Gasteiger partial charge in [0.25, 0.3) is 0 Å². The van der Waals surface area contributed by atoms with Crippen LogP contribution in [0.3, 0.4) is 0 Å². The highest BCUT2D eigenvalue weighted by Gasteiger charge is 2.23. The third kappa shape index (κ3) is 5.85. The molecule has 1 fully saturated rings. The number of esters is 1. The van der Waals surface area contributed by atoms with E-state index in [0.29, 0.717) is 24.3 Å². The van der Waals surface area contributed by atoms with E-state index in [1.807, 2.05) is 42.5 Å². The fraction of sp³-hybridized carbons (Fsp3) is 0.458. The number of hydrogen-bond acceptors (Lipinski definition) is 7. The molecule has 1 aliphatic rings. The molecule has 1 N–H and O–H groups in total. The SMILES string of the molecule is CCOC(=O)[C@@H](Cc1ccccc1)NC(=O)CCc1nnc2ccc(N3CCCCC3)nn12. The second-order valence-electron chi connectivity index (χ2n) is 8.19. The molecule has 0 radical (unpaired) electrons. The first-order valence-electron chi connectivity index (χ1n) is 11.6. The van der Waals surface area contributed by atoms with Crippen LogP contribution in [0.2, 0.25) is 0 Å². The Morgan fingerprint density at radius 2 is 1.85 bits per heavy atom. The van der Waals surface area contributed by atoms with Crippen LogP contribution in [0.15, 0.2) is 42.5 Å². The van der Waals surface area contributed by atoms with Crippen molar-refractivity contribution >= 4 is 23.3 Å². The number of nitrogens with zero attached hydrogens (tertiary/aromatic N) is 5. The van der Waals surface area contributed by atoms with Crippen molar-refractivity contribution in [1.29, 1.82) is 0 Å². The van der Waals surface area contributed by atoms with Crippen LogP contribution in [0.4, 0.5) is 5.82 Å². The van der Waals surface area contributed by atoms with Crippen molar-refractivity contribution in [2.24, 2.45) is 0 Å². The Bertz CT molecular complexity index is 1080. The van der Waals surface area contributed by atoms with Crippen molar-refractivity contribution in [3.05, 3.63) is 53.9 Å². The highest BCUT2D eigenvalue weighted by Crippen LogP contribution is 2.18. The minimum absolute atomic E-state index is 0.168. The summed E-state index contributed by atoms with van der Waals surface area (Å²) in [5, 5.41) is 15.9. The number of rotatable bonds is 9. The molecule has 1 saturated heterocycles. The second-order valence-corrected chi connectivity index (χ2v) is 8.19. The third-order valence-corrected chi connectivity index (χ3v) is 5.76. The van der Waals surface area contributed by atoms with E-state index in [1.54, 1.807) is 11.4 Å². The van der Waals surface area contributed by atoms with Crippen LogP contribution in [0.25, 0.3) is 5.65 Å². The molecule has 1 aromatic carbocycles. The van der Waals surface area contributed by atoms with Crippen LogP contribution in [-0.4, -0.2) is 57.4 Å². The first-order chi connectivity index (χ1) is 16.1. The zero-order valence-corrected chi connectivity index (χ0v) is 18.9. The monoisotopic (exact) mass is 450 g/mol. The van der Waals surface area contributed by atoms with Gasteiger partial charge < -0.3 is 15.0 Å². The van der Waals surface area contributed by atoms with Gasteiger partial charge >= 0.3 is 5.97 Å². The lowest BCUT2D eigenvalue weighted by Crippen LogP contribution is -2.43. The van der Waals surface area contributed by atoms with Crippen molar-refractivity contribution < 1.29 is 14.3 Å². The first-order valence-corrected chi connectivity index (χ1v) is 11.6. The predicted octanol–water partition coefficient (Wildman–Crippen LogP) is 2.34. The van der Waals surface area contributed by atoms with Gasteiger partial charge in [0.15, 0.2) is 11.5 Å². The normalized spacial score (nSPS) is 14.8. The fourth-order valence-electron chi connectivity index (χ4n) is 4.05. The predicted molar refractivity (Wildman–Crippen MR) is 124 cm³/mol. The molecule has 9 heteroatoms.